The third-order valence-corrected chi connectivity index (χ3v) is 4.52. The van der Waals surface area contributed by atoms with Gasteiger partial charge in [-0.2, -0.15) is 5.10 Å². The molecule has 3 aromatic rings. The number of fused-ring (bicyclic) bond motifs is 1. The number of nitrogens with zero attached hydrogens (tertiary/aromatic N) is 3. The lowest BCUT2D eigenvalue weighted by Crippen LogP contribution is -2.11. The molecule has 1 unspecified atom stereocenters. The summed E-state index contributed by atoms with van der Waals surface area (Å²) < 4.78 is 1.77. The van der Waals surface area contributed by atoms with Crippen LogP contribution in [0.25, 0.3) is 10.9 Å². The summed E-state index contributed by atoms with van der Waals surface area (Å²) in [6, 6.07) is 5.37. The standard InChI is InChI=1S/C17H16Cl2N4O/c1-20-6-10-3-4-13(14-9-22-23(2)16(10)14)17(24)15(19)11-5-12(18)8-21-7-11/h3-5,7-9,15,20H,6H2,1-2H3. The molecule has 2 aromatic heterocycles. The van der Waals surface area contributed by atoms with Gasteiger partial charge in [0.2, 0.25) is 0 Å². The zero-order valence-corrected chi connectivity index (χ0v) is 14.8. The topological polar surface area (TPSA) is 59.8 Å². The maximum absolute atomic E-state index is 12.9. The van der Waals surface area contributed by atoms with Crippen molar-refractivity contribution >= 4 is 39.9 Å². The number of carbonyl (C=O) groups excluding carboxylic acids is 1. The van der Waals surface area contributed by atoms with Gasteiger partial charge < -0.3 is 5.32 Å². The molecule has 124 valence electrons. The Morgan fingerprint density at radius 1 is 1.33 bits per heavy atom. The van der Waals surface area contributed by atoms with Gasteiger partial charge in [0.15, 0.2) is 5.78 Å². The summed E-state index contributed by atoms with van der Waals surface area (Å²) in [5.41, 5.74) is 3.10. The number of aryl methyl sites for hydroxylation is 1. The minimum atomic E-state index is -0.852. The number of pyridine rings is 1. The van der Waals surface area contributed by atoms with E-state index in [1.165, 1.54) is 6.20 Å². The molecule has 0 aliphatic heterocycles. The average Bonchev–Trinajstić information content (AvgIpc) is 2.96. The molecule has 24 heavy (non-hydrogen) atoms. The van der Waals surface area contributed by atoms with Crippen LogP contribution in [0.2, 0.25) is 5.02 Å². The van der Waals surface area contributed by atoms with Gasteiger partial charge in [-0.05, 0) is 24.2 Å². The summed E-state index contributed by atoms with van der Waals surface area (Å²) in [5, 5.41) is 7.79. The van der Waals surface area contributed by atoms with E-state index in [1.54, 1.807) is 29.2 Å². The van der Waals surface area contributed by atoms with E-state index in [1.807, 2.05) is 20.2 Å². The molecule has 0 fully saturated rings. The van der Waals surface area contributed by atoms with Crippen molar-refractivity contribution < 1.29 is 4.79 Å². The van der Waals surface area contributed by atoms with Crippen LogP contribution in [0, 0.1) is 0 Å². The van der Waals surface area contributed by atoms with Crippen molar-refractivity contribution in [1.82, 2.24) is 20.1 Å². The quantitative estimate of drug-likeness (QED) is 0.557. The Bertz CT molecular complexity index is 907. The summed E-state index contributed by atoms with van der Waals surface area (Å²) in [6.07, 6.45) is 4.75. The van der Waals surface area contributed by atoms with Crippen LogP contribution in [-0.2, 0) is 13.6 Å². The maximum Gasteiger partial charge on any atom is 0.185 e. The predicted octanol–water partition coefficient (Wildman–Crippen LogP) is 3.50. The molecule has 0 aliphatic rings. The van der Waals surface area contributed by atoms with Crippen LogP contribution in [0.15, 0.2) is 36.8 Å². The molecular formula is C17H16Cl2N4O. The lowest BCUT2D eigenvalue weighted by molar-refractivity contribution is 0.0988. The third kappa shape index (κ3) is 3.02. The zero-order valence-electron chi connectivity index (χ0n) is 13.3. The second-order valence-corrected chi connectivity index (χ2v) is 6.37. The molecule has 1 aromatic carbocycles. The van der Waals surface area contributed by atoms with Crippen LogP contribution >= 0.6 is 23.2 Å². The molecule has 0 aliphatic carbocycles. The Labute approximate surface area is 149 Å². The van der Waals surface area contributed by atoms with Gasteiger partial charge in [-0.1, -0.05) is 23.7 Å². The minimum Gasteiger partial charge on any atom is -0.316 e. The lowest BCUT2D eigenvalue weighted by atomic mass is 9.98. The summed E-state index contributed by atoms with van der Waals surface area (Å²) in [7, 11) is 3.73. The van der Waals surface area contributed by atoms with Crippen LogP contribution in [0.5, 0.6) is 0 Å². The molecule has 0 amide bonds. The van der Waals surface area contributed by atoms with Crippen molar-refractivity contribution in [2.75, 3.05) is 7.05 Å². The van der Waals surface area contributed by atoms with Gasteiger partial charge in [-0.15, -0.1) is 11.6 Å². The SMILES string of the molecule is CNCc1ccc(C(=O)C(Cl)c2cncc(Cl)c2)c2cnn(C)c12. The van der Waals surface area contributed by atoms with Crippen LogP contribution in [0.3, 0.4) is 0 Å². The number of rotatable bonds is 5. The van der Waals surface area contributed by atoms with Gasteiger partial charge in [-0.25, -0.2) is 0 Å². The normalized spacial score (nSPS) is 12.5. The van der Waals surface area contributed by atoms with Gasteiger partial charge in [0.1, 0.15) is 5.38 Å². The number of aromatic nitrogens is 3. The highest BCUT2D eigenvalue weighted by Crippen LogP contribution is 2.30. The van der Waals surface area contributed by atoms with E-state index in [-0.39, 0.29) is 5.78 Å². The molecule has 1 N–H and O–H groups in total. The first kappa shape index (κ1) is 16.9. The minimum absolute atomic E-state index is 0.199. The Balaban J connectivity index is 2.06. The van der Waals surface area contributed by atoms with Gasteiger partial charge in [-0.3, -0.25) is 14.5 Å². The largest absolute Gasteiger partial charge is 0.316 e. The molecule has 7 heteroatoms. The molecule has 0 saturated heterocycles. The summed E-state index contributed by atoms with van der Waals surface area (Å²) in [4.78, 5) is 16.9. The number of hydrogen-bond donors (Lipinski definition) is 1. The lowest BCUT2D eigenvalue weighted by Gasteiger charge is -2.12. The average molecular weight is 363 g/mol. The van der Waals surface area contributed by atoms with E-state index in [2.05, 4.69) is 15.4 Å². The van der Waals surface area contributed by atoms with Gasteiger partial charge in [0, 0.05) is 36.9 Å². The molecule has 0 bridgehead atoms. The monoisotopic (exact) mass is 362 g/mol. The van der Waals surface area contributed by atoms with E-state index in [4.69, 9.17) is 23.2 Å². The predicted molar refractivity (Wildman–Crippen MR) is 95.6 cm³/mol. The number of alkyl halides is 1. The fourth-order valence-electron chi connectivity index (χ4n) is 2.77. The zero-order chi connectivity index (χ0) is 17.3. The van der Waals surface area contributed by atoms with Crippen LogP contribution in [0.1, 0.15) is 26.9 Å². The van der Waals surface area contributed by atoms with Gasteiger partial charge in [0.25, 0.3) is 0 Å². The van der Waals surface area contributed by atoms with Crippen molar-refractivity contribution in [2.45, 2.75) is 11.9 Å². The highest BCUT2D eigenvalue weighted by Gasteiger charge is 2.23. The number of nitrogens with one attached hydrogen (secondary N) is 1. The summed E-state index contributed by atoms with van der Waals surface area (Å²) in [5.74, 6) is -0.199. The van der Waals surface area contributed by atoms with Crippen LogP contribution in [-0.4, -0.2) is 27.6 Å². The van der Waals surface area contributed by atoms with Crippen molar-refractivity contribution in [3.63, 3.8) is 0 Å². The molecule has 1 atom stereocenters. The molecule has 0 saturated carbocycles. The Hall–Kier alpha value is -1.95. The first-order valence-electron chi connectivity index (χ1n) is 7.40. The van der Waals surface area contributed by atoms with Crippen LogP contribution in [0.4, 0.5) is 0 Å². The molecule has 5 nitrogen and oxygen atoms in total. The molecule has 2 heterocycles. The number of carbonyl (C=O) groups is 1. The van der Waals surface area contributed by atoms with E-state index >= 15 is 0 Å². The number of hydrogen-bond acceptors (Lipinski definition) is 4. The number of halogens is 2. The first-order valence-corrected chi connectivity index (χ1v) is 8.21. The molecule has 0 radical (unpaired) electrons. The highest BCUT2D eigenvalue weighted by atomic mass is 35.5. The molecular weight excluding hydrogens is 347 g/mol. The Morgan fingerprint density at radius 3 is 2.83 bits per heavy atom. The van der Waals surface area contributed by atoms with Gasteiger partial charge in [0.05, 0.1) is 16.7 Å². The molecule has 3 rings (SSSR count). The van der Waals surface area contributed by atoms with E-state index in [9.17, 15) is 4.79 Å². The maximum atomic E-state index is 12.9. The molecule has 0 spiro atoms. The Kier molecular flexibility index (Phi) is 4.85. The Morgan fingerprint density at radius 2 is 2.12 bits per heavy atom. The second kappa shape index (κ2) is 6.89. The smallest absolute Gasteiger partial charge is 0.185 e. The van der Waals surface area contributed by atoms with Gasteiger partial charge >= 0.3 is 0 Å². The van der Waals surface area contributed by atoms with Crippen molar-refractivity contribution in [1.29, 1.82) is 0 Å². The van der Waals surface area contributed by atoms with E-state index in [0.29, 0.717) is 22.7 Å². The summed E-state index contributed by atoms with van der Waals surface area (Å²) in [6.45, 7) is 0.688. The highest BCUT2D eigenvalue weighted by molar-refractivity contribution is 6.35. The van der Waals surface area contributed by atoms with Crippen LogP contribution < -0.4 is 5.32 Å². The number of benzene rings is 1. The second-order valence-electron chi connectivity index (χ2n) is 5.50. The van der Waals surface area contributed by atoms with E-state index in [0.717, 1.165) is 16.5 Å². The first-order chi connectivity index (χ1) is 11.5. The van der Waals surface area contributed by atoms with Crippen molar-refractivity contribution in [3.8, 4) is 0 Å². The van der Waals surface area contributed by atoms with Crippen molar-refractivity contribution in [2.24, 2.45) is 7.05 Å². The third-order valence-electron chi connectivity index (χ3n) is 3.87. The number of Topliss-reactive ketones (excluding diaryl/α,β-unsaturated/α-hetero) is 1. The van der Waals surface area contributed by atoms with E-state index < -0.39 is 5.38 Å². The van der Waals surface area contributed by atoms with Crippen molar-refractivity contribution in [3.05, 3.63) is 58.5 Å². The number of ketones is 1. The fourth-order valence-corrected chi connectivity index (χ4v) is 3.19. The summed E-state index contributed by atoms with van der Waals surface area (Å²) >= 11 is 12.3. The fraction of sp³-hybridized carbons (Fsp3) is 0.235.